The summed E-state index contributed by atoms with van der Waals surface area (Å²) in [6.07, 6.45) is 3.34. The van der Waals surface area contributed by atoms with E-state index >= 15 is 0 Å². The summed E-state index contributed by atoms with van der Waals surface area (Å²) in [7, 11) is -1.87. The van der Waals surface area contributed by atoms with E-state index in [9.17, 15) is 5.11 Å². The maximum Gasteiger partial charge on any atom is 0.192 e. The number of rotatable bonds is 3. The molecule has 0 bridgehead atoms. The second-order valence-electron chi connectivity index (χ2n) is 7.55. The summed E-state index contributed by atoms with van der Waals surface area (Å²) in [5.41, 5.74) is 2.13. The molecule has 118 valence electrons. The molecule has 21 heavy (non-hydrogen) atoms. The van der Waals surface area contributed by atoms with Gasteiger partial charge in [-0.05, 0) is 48.5 Å². The molecule has 0 spiro atoms. The zero-order valence-electron chi connectivity index (χ0n) is 13.6. The summed E-state index contributed by atoms with van der Waals surface area (Å²) in [5.74, 6) is 0.229. The zero-order valence-corrected chi connectivity index (χ0v) is 15.4. The SMILES string of the molecule is CC(C)(C)[Si](C)(C)OC1CC(CO)Cc2cc(Cl)cnc21. The third-order valence-corrected chi connectivity index (χ3v) is 9.52. The Hall–Kier alpha value is -0.423. The molecule has 1 heterocycles. The van der Waals surface area contributed by atoms with Crippen molar-refractivity contribution in [2.45, 2.75) is 57.8 Å². The Kier molecular flexibility index (Phi) is 4.83. The third kappa shape index (κ3) is 3.67. The first kappa shape index (κ1) is 16.9. The minimum absolute atomic E-state index is 0.0240. The van der Waals surface area contributed by atoms with E-state index in [2.05, 4.69) is 38.8 Å². The number of aromatic nitrogens is 1. The molecule has 0 saturated carbocycles. The van der Waals surface area contributed by atoms with Crippen LogP contribution < -0.4 is 0 Å². The Morgan fingerprint density at radius 3 is 2.67 bits per heavy atom. The molecule has 0 saturated heterocycles. The van der Waals surface area contributed by atoms with E-state index in [0.29, 0.717) is 5.02 Å². The predicted molar refractivity (Wildman–Crippen MR) is 89.2 cm³/mol. The highest BCUT2D eigenvalue weighted by atomic mass is 35.5. The third-order valence-electron chi connectivity index (χ3n) is 4.83. The van der Waals surface area contributed by atoms with E-state index in [-0.39, 0.29) is 23.7 Å². The van der Waals surface area contributed by atoms with Crippen LogP contribution in [0.25, 0.3) is 0 Å². The average Bonchev–Trinajstić information content (AvgIpc) is 2.36. The highest BCUT2D eigenvalue weighted by Gasteiger charge is 2.41. The van der Waals surface area contributed by atoms with Gasteiger partial charge in [0, 0.05) is 12.8 Å². The molecule has 1 aliphatic carbocycles. The number of nitrogens with zero attached hydrogens (tertiary/aromatic N) is 1. The molecule has 2 unspecified atom stereocenters. The molecule has 0 fully saturated rings. The zero-order chi connectivity index (χ0) is 15.8. The molecular weight excluding hydrogens is 302 g/mol. The number of halogens is 1. The lowest BCUT2D eigenvalue weighted by Crippen LogP contribution is -2.43. The van der Waals surface area contributed by atoms with Gasteiger partial charge in [-0.1, -0.05) is 32.4 Å². The van der Waals surface area contributed by atoms with Crippen LogP contribution in [0.5, 0.6) is 0 Å². The van der Waals surface area contributed by atoms with Crippen LogP contribution >= 0.6 is 11.6 Å². The largest absolute Gasteiger partial charge is 0.408 e. The van der Waals surface area contributed by atoms with Crippen molar-refractivity contribution in [2.75, 3.05) is 6.61 Å². The van der Waals surface area contributed by atoms with E-state index in [0.717, 1.165) is 24.1 Å². The minimum atomic E-state index is -1.87. The maximum absolute atomic E-state index is 9.56. The van der Waals surface area contributed by atoms with Gasteiger partial charge in [-0.15, -0.1) is 0 Å². The molecule has 2 rings (SSSR count). The van der Waals surface area contributed by atoms with Crippen molar-refractivity contribution < 1.29 is 9.53 Å². The van der Waals surface area contributed by atoms with Gasteiger partial charge in [0.2, 0.25) is 0 Å². The van der Waals surface area contributed by atoms with Crippen molar-refractivity contribution in [2.24, 2.45) is 5.92 Å². The van der Waals surface area contributed by atoms with Crippen LogP contribution in [-0.2, 0) is 10.8 Å². The Labute approximate surface area is 133 Å². The van der Waals surface area contributed by atoms with Gasteiger partial charge in [-0.2, -0.15) is 0 Å². The van der Waals surface area contributed by atoms with Crippen LogP contribution in [0, 0.1) is 5.92 Å². The number of hydrogen-bond donors (Lipinski definition) is 1. The second-order valence-corrected chi connectivity index (χ2v) is 12.7. The van der Waals surface area contributed by atoms with E-state index in [1.165, 1.54) is 0 Å². The van der Waals surface area contributed by atoms with Crippen molar-refractivity contribution in [1.29, 1.82) is 0 Å². The van der Waals surface area contributed by atoms with Crippen molar-refractivity contribution in [1.82, 2.24) is 4.98 Å². The van der Waals surface area contributed by atoms with E-state index < -0.39 is 8.32 Å². The van der Waals surface area contributed by atoms with E-state index in [4.69, 9.17) is 16.0 Å². The summed E-state index contributed by atoms with van der Waals surface area (Å²) < 4.78 is 6.56. The summed E-state index contributed by atoms with van der Waals surface area (Å²) in [6, 6.07) is 1.97. The smallest absolute Gasteiger partial charge is 0.192 e. The lowest BCUT2D eigenvalue weighted by Gasteiger charge is -2.41. The second kappa shape index (κ2) is 5.99. The monoisotopic (exact) mass is 327 g/mol. The van der Waals surface area contributed by atoms with Crippen molar-refractivity contribution in [3.8, 4) is 0 Å². The summed E-state index contributed by atoms with van der Waals surface area (Å²) in [4.78, 5) is 4.52. The first-order valence-electron chi connectivity index (χ1n) is 7.57. The Morgan fingerprint density at radius 2 is 2.10 bits per heavy atom. The normalized spacial score (nSPS) is 23.0. The molecule has 0 amide bonds. The van der Waals surface area contributed by atoms with Crippen LogP contribution in [0.2, 0.25) is 23.2 Å². The molecule has 0 aliphatic heterocycles. The highest BCUT2D eigenvalue weighted by Crippen LogP contribution is 2.43. The van der Waals surface area contributed by atoms with Crippen molar-refractivity contribution >= 4 is 19.9 Å². The van der Waals surface area contributed by atoms with Crippen LogP contribution in [0.3, 0.4) is 0 Å². The van der Waals surface area contributed by atoms with Gasteiger partial charge in [-0.3, -0.25) is 4.98 Å². The molecule has 0 aromatic carbocycles. The van der Waals surface area contributed by atoms with Gasteiger partial charge in [0.25, 0.3) is 0 Å². The Bertz CT molecular complexity index is 513. The number of aliphatic hydroxyl groups excluding tert-OH is 1. The lowest BCUT2D eigenvalue weighted by atomic mass is 9.85. The van der Waals surface area contributed by atoms with E-state index in [1.807, 2.05) is 6.07 Å². The summed E-state index contributed by atoms with van der Waals surface area (Å²) in [6.45, 7) is 11.4. The lowest BCUT2D eigenvalue weighted by molar-refractivity contribution is 0.107. The van der Waals surface area contributed by atoms with Gasteiger partial charge in [0.1, 0.15) is 0 Å². The highest BCUT2D eigenvalue weighted by molar-refractivity contribution is 6.74. The number of hydrogen-bond acceptors (Lipinski definition) is 3. The number of pyridine rings is 1. The molecule has 2 atom stereocenters. The minimum Gasteiger partial charge on any atom is -0.408 e. The van der Waals surface area contributed by atoms with Gasteiger partial charge < -0.3 is 9.53 Å². The standard InChI is InChI=1S/C16H26ClNO2Si/c1-16(2,3)21(4,5)20-14-7-11(10-19)6-12-8-13(17)9-18-15(12)14/h8-9,11,14,19H,6-7,10H2,1-5H3. The molecule has 3 nitrogen and oxygen atoms in total. The Balaban J connectivity index is 2.32. The fourth-order valence-corrected chi connectivity index (χ4v) is 3.98. The molecule has 0 radical (unpaired) electrons. The summed E-state index contributed by atoms with van der Waals surface area (Å²) >= 11 is 6.06. The van der Waals surface area contributed by atoms with Crippen LogP contribution in [0.4, 0.5) is 0 Å². The molecule has 5 heteroatoms. The average molecular weight is 328 g/mol. The van der Waals surface area contributed by atoms with Gasteiger partial charge >= 0.3 is 0 Å². The first-order chi connectivity index (χ1) is 9.64. The molecule has 1 aliphatic rings. The number of fused-ring (bicyclic) bond motifs is 1. The van der Waals surface area contributed by atoms with Crippen LogP contribution in [0.1, 0.15) is 44.6 Å². The molecule has 1 N–H and O–H groups in total. The van der Waals surface area contributed by atoms with Gasteiger partial charge in [-0.25, -0.2) is 0 Å². The maximum atomic E-state index is 9.56. The predicted octanol–water partition coefficient (Wildman–Crippen LogP) is 4.35. The van der Waals surface area contributed by atoms with Gasteiger partial charge in [0.05, 0.1) is 16.8 Å². The molecule has 1 aromatic rings. The fourth-order valence-electron chi connectivity index (χ4n) is 2.53. The number of aliphatic hydroxyl groups is 1. The quantitative estimate of drug-likeness (QED) is 0.839. The van der Waals surface area contributed by atoms with E-state index in [1.54, 1.807) is 6.20 Å². The fraction of sp³-hybridized carbons (Fsp3) is 0.688. The topological polar surface area (TPSA) is 42.4 Å². The van der Waals surface area contributed by atoms with Crippen LogP contribution in [0.15, 0.2) is 12.3 Å². The molecular formula is C16H26ClNO2Si. The first-order valence-corrected chi connectivity index (χ1v) is 10.9. The van der Waals surface area contributed by atoms with Crippen molar-refractivity contribution in [3.63, 3.8) is 0 Å². The van der Waals surface area contributed by atoms with Crippen molar-refractivity contribution in [3.05, 3.63) is 28.5 Å². The van der Waals surface area contributed by atoms with Gasteiger partial charge in [0.15, 0.2) is 8.32 Å². The van der Waals surface area contributed by atoms with Crippen LogP contribution in [-0.4, -0.2) is 25.0 Å². The summed E-state index contributed by atoms with van der Waals surface area (Å²) in [5, 5.41) is 10.4. The Morgan fingerprint density at radius 1 is 1.43 bits per heavy atom. The molecule has 1 aromatic heterocycles.